The maximum atomic E-state index is 5.06. The van der Waals surface area contributed by atoms with E-state index in [1.54, 1.807) is 12.4 Å². The Morgan fingerprint density at radius 1 is 0.400 bits per heavy atom. The minimum atomic E-state index is 0.939. The van der Waals surface area contributed by atoms with Crippen LogP contribution >= 0.6 is 0 Å². The van der Waals surface area contributed by atoms with E-state index in [9.17, 15) is 0 Å². The van der Waals surface area contributed by atoms with Crippen molar-refractivity contribution in [1.82, 2.24) is 19.9 Å². The van der Waals surface area contributed by atoms with Gasteiger partial charge in [0, 0.05) is 59.4 Å². The summed E-state index contributed by atoms with van der Waals surface area (Å²) in [6.07, 6.45) is 11.1. The fourth-order valence-corrected chi connectivity index (χ4v) is 5.83. The van der Waals surface area contributed by atoms with Gasteiger partial charge >= 0.3 is 0 Å². The van der Waals surface area contributed by atoms with Crippen LogP contribution in [0.5, 0.6) is 0 Å². The molecule has 0 amide bonds. The summed E-state index contributed by atoms with van der Waals surface area (Å²) in [5.41, 5.74) is 8.54. The molecule has 0 aliphatic rings. The van der Waals surface area contributed by atoms with Crippen LogP contribution in [-0.2, 0) is 0 Å². The summed E-state index contributed by atoms with van der Waals surface area (Å²) in [5, 5.41) is 7.42. The minimum absolute atomic E-state index is 0.939. The van der Waals surface area contributed by atoms with Gasteiger partial charge in [-0.05, 0) is 85.9 Å². The molecule has 0 aliphatic heterocycles. The highest BCUT2D eigenvalue weighted by Gasteiger charge is 2.16. The maximum Gasteiger partial charge on any atom is 0.0715 e. The van der Waals surface area contributed by atoms with Crippen LogP contribution in [0.1, 0.15) is 0 Å². The van der Waals surface area contributed by atoms with E-state index in [0.29, 0.717) is 0 Å². The van der Waals surface area contributed by atoms with Gasteiger partial charge in [0.25, 0.3) is 0 Å². The predicted octanol–water partition coefficient (Wildman–Crippen LogP) is 8.83. The number of pyridine rings is 4. The first-order chi connectivity index (χ1) is 19.8. The number of nitrogens with zero attached hydrogens (tertiary/aromatic N) is 4. The monoisotopic (exact) mass is 510 g/mol. The van der Waals surface area contributed by atoms with Crippen molar-refractivity contribution in [3.63, 3.8) is 0 Å². The van der Waals surface area contributed by atoms with Gasteiger partial charge in [-0.3, -0.25) is 15.0 Å². The molecular formula is C36H22N4. The van der Waals surface area contributed by atoms with E-state index >= 15 is 0 Å². The zero-order valence-electron chi connectivity index (χ0n) is 21.5. The summed E-state index contributed by atoms with van der Waals surface area (Å²) in [6.45, 7) is 0. The van der Waals surface area contributed by atoms with E-state index in [0.717, 1.165) is 39.2 Å². The molecule has 0 N–H and O–H groups in total. The molecule has 0 saturated carbocycles. The SMILES string of the molecule is c1cc(-c2ccncc2)nc(-c2ccc3ccc4c(-c5cncc(-c6ccncc6)c5)ccc5ccc2c3c54)c1. The van der Waals surface area contributed by atoms with Crippen molar-refractivity contribution < 1.29 is 0 Å². The fourth-order valence-electron chi connectivity index (χ4n) is 5.83. The van der Waals surface area contributed by atoms with Crippen molar-refractivity contribution in [1.29, 1.82) is 0 Å². The summed E-state index contributed by atoms with van der Waals surface area (Å²) >= 11 is 0. The summed E-state index contributed by atoms with van der Waals surface area (Å²) in [5.74, 6) is 0. The Kier molecular flexibility index (Phi) is 5.10. The average molecular weight is 511 g/mol. The van der Waals surface area contributed by atoms with E-state index in [1.165, 1.54) is 37.9 Å². The molecule has 0 radical (unpaired) electrons. The van der Waals surface area contributed by atoms with Crippen molar-refractivity contribution in [3.05, 3.63) is 134 Å². The molecular weight excluding hydrogens is 488 g/mol. The Bertz CT molecular complexity index is 2000. The van der Waals surface area contributed by atoms with Crippen molar-refractivity contribution in [2.24, 2.45) is 0 Å². The zero-order chi connectivity index (χ0) is 26.5. The molecule has 8 rings (SSSR count). The summed E-state index contributed by atoms with van der Waals surface area (Å²) in [7, 11) is 0. The summed E-state index contributed by atoms with van der Waals surface area (Å²) < 4.78 is 0. The van der Waals surface area contributed by atoms with Gasteiger partial charge in [-0.2, -0.15) is 0 Å². The maximum absolute atomic E-state index is 5.06. The molecule has 0 unspecified atom stereocenters. The van der Waals surface area contributed by atoms with Gasteiger partial charge in [-0.15, -0.1) is 0 Å². The van der Waals surface area contributed by atoms with Gasteiger partial charge in [-0.1, -0.05) is 54.6 Å². The molecule has 8 aromatic rings. The topological polar surface area (TPSA) is 51.6 Å². The zero-order valence-corrected chi connectivity index (χ0v) is 21.5. The normalized spacial score (nSPS) is 11.5. The number of hydrogen-bond acceptors (Lipinski definition) is 4. The lowest BCUT2D eigenvalue weighted by Gasteiger charge is -2.16. The van der Waals surface area contributed by atoms with Crippen LogP contribution in [0.15, 0.2) is 134 Å². The Hall–Kier alpha value is -5.48. The van der Waals surface area contributed by atoms with E-state index in [2.05, 4.69) is 87.7 Å². The smallest absolute Gasteiger partial charge is 0.0715 e. The van der Waals surface area contributed by atoms with Crippen LogP contribution in [0, 0.1) is 0 Å². The minimum Gasteiger partial charge on any atom is -0.265 e. The molecule has 0 atom stereocenters. The first kappa shape index (κ1) is 22.5. The highest BCUT2D eigenvalue weighted by molar-refractivity contribution is 6.27. The predicted molar refractivity (Wildman–Crippen MR) is 163 cm³/mol. The molecule has 4 heteroatoms. The molecule has 4 aromatic carbocycles. The van der Waals surface area contributed by atoms with Gasteiger partial charge < -0.3 is 0 Å². The van der Waals surface area contributed by atoms with E-state index in [1.807, 2.05) is 49.1 Å². The lowest BCUT2D eigenvalue weighted by Crippen LogP contribution is -1.92. The third-order valence-electron chi connectivity index (χ3n) is 7.73. The van der Waals surface area contributed by atoms with Crippen molar-refractivity contribution in [2.75, 3.05) is 0 Å². The molecule has 40 heavy (non-hydrogen) atoms. The molecule has 4 aromatic heterocycles. The van der Waals surface area contributed by atoms with Crippen LogP contribution in [-0.4, -0.2) is 19.9 Å². The number of hydrogen-bond donors (Lipinski definition) is 0. The van der Waals surface area contributed by atoms with Crippen molar-refractivity contribution >= 4 is 32.3 Å². The van der Waals surface area contributed by atoms with Crippen LogP contribution in [0.4, 0.5) is 0 Å². The van der Waals surface area contributed by atoms with E-state index < -0.39 is 0 Å². The molecule has 0 aliphatic carbocycles. The lowest BCUT2D eigenvalue weighted by molar-refractivity contribution is 1.29. The first-order valence-electron chi connectivity index (χ1n) is 13.3. The largest absolute Gasteiger partial charge is 0.265 e. The van der Waals surface area contributed by atoms with Crippen LogP contribution in [0.2, 0.25) is 0 Å². The number of aromatic nitrogens is 4. The van der Waals surface area contributed by atoms with Gasteiger partial charge in [0.05, 0.1) is 11.4 Å². The molecule has 0 bridgehead atoms. The van der Waals surface area contributed by atoms with Gasteiger partial charge in [0.2, 0.25) is 0 Å². The lowest BCUT2D eigenvalue weighted by atomic mass is 9.88. The quantitative estimate of drug-likeness (QED) is 0.222. The average Bonchev–Trinajstić information content (AvgIpc) is 3.04. The molecule has 186 valence electrons. The van der Waals surface area contributed by atoms with Crippen LogP contribution < -0.4 is 0 Å². The molecule has 4 nitrogen and oxygen atoms in total. The van der Waals surface area contributed by atoms with Gasteiger partial charge in [0.1, 0.15) is 0 Å². The number of benzene rings is 4. The molecule has 0 saturated heterocycles. The second-order valence-corrected chi connectivity index (χ2v) is 9.99. The Morgan fingerprint density at radius 2 is 0.975 bits per heavy atom. The second-order valence-electron chi connectivity index (χ2n) is 9.99. The first-order valence-corrected chi connectivity index (χ1v) is 13.3. The third kappa shape index (κ3) is 3.62. The van der Waals surface area contributed by atoms with Gasteiger partial charge in [-0.25, -0.2) is 4.98 Å². The molecule has 4 heterocycles. The Balaban J connectivity index is 1.34. The van der Waals surface area contributed by atoms with E-state index in [4.69, 9.17) is 4.98 Å². The molecule has 0 spiro atoms. The highest BCUT2D eigenvalue weighted by Crippen LogP contribution is 2.42. The van der Waals surface area contributed by atoms with Crippen molar-refractivity contribution in [2.45, 2.75) is 0 Å². The summed E-state index contributed by atoms with van der Waals surface area (Å²) in [6, 6.07) is 34.3. The molecule has 0 fully saturated rings. The standard InChI is InChI=1S/C36H22N4/c1-2-33(24-14-18-38-19-15-24)40-34(3-1)30-9-5-26-6-10-31-29(8-4-25-7-11-32(30)36(26)35(25)31)28-20-27(21-39-22-28)23-12-16-37-17-13-23/h1-22H. The Labute approximate surface area is 231 Å². The van der Waals surface area contributed by atoms with Crippen LogP contribution in [0.25, 0.3) is 77.1 Å². The van der Waals surface area contributed by atoms with Crippen molar-refractivity contribution in [3.8, 4) is 44.8 Å². The number of rotatable bonds is 4. The second kappa shape index (κ2) is 9.07. The summed E-state index contributed by atoms with van der Waals surface area (Å²) in [4.78, 5) is 18.0. The Morgan fingerprint density at radius 3 is 1.70 bits per heavy atom. The van der Waals surface area contributed by atoms with Gasteiger partial charge in [0.15, 0.2) is 0 Å². The van der Waals surface area contributed by atoms with Crippen LogP contribution in [0.3, 0.4) is 0 Å². The third-order valence-corrected chi connectivity index (χ3v) is 7.73. The fraction of sp³-hybridized carbons (Fsp3) is 0. The highest BCUT2D eigenvalue weighted by atomic mass is 14.7. The van der Waals surface area contributed by atoms with E-state index in [-0.39, 0.29) is 0 Å².